The Morgan fingerprint density at radius 2 is 1.63 bits per heavy atom. The lowest BCUT2D eigenvalue weighted by Crippen LogP contribution is -2.17. The second kappa shape index (κ2) is 6.27. The van der Waals surface area contributed by atoms with E-state index in [9.17, 15) is 0 Å². The molecule has 1 atom stereocenters. The molecule has 1 unspecified atom stereocenters. The van der Waals surface area contributed by atoms with Crippen LogP contribution in [0.2, 0.25) is 5.22 Å². The van der Waals surface area contributed by atoms with Gasteiger partial charge in [0, 0.05) is 6.04 Å². The van der Waals surface area contributed by atoms with Crippen LogP contribution in [-0.4, -0.2) is 0 Å². The molecule has 2 rings (SSSR count). The molecule has 2 aromatic rings. The lowest BCUT2D eigenvalue weighted by molar-refractivity contribution is 0.461. The van der Waals surface area contributed by atoms with E-state index in [1.807, 2.05) is 6.07 Å². The second-order valence-corrected chi connectivity index (χ2v) is 5.50. The van der Waals surface area contributed by atoms with Gasteiger partial charge in [-0.2, -0.15) is 0 Å². The number of furan rings is 1. The van der Waals surface area contributed by atoms with Gasteiger partial charge in [0.1, 0.15) is 5.76 Å². The number of hydrogen-bond acceptors (Lipinski definition) is 2. The van der Waals surface area contributed by atoms with Gasteiger partial charge in [-0.15, -0.1) is 0 Å². The van der Waals surface area contributed by atoms with Gasteiger partial charge in [0.2, 0.25) is 0 Å². The molecule has 0 aliphatic carbocycles. The van der Waals surface area contributed by atoms with Crippen molar-refractivity contribution < 1.29 is 4.42 Å². The Morgan fingerprint density at radius 3 is 2.16 bits per heavy atom. The van der Waals surface area contributed by atoms with Crippen LogP contribution in [0.5, 0.6) is 0 Å². The van der Waals surface area contributed by atoms with E-state index in [0.717, 1.165) is 5.76 Å². The highest BCUT2D eigenvalue weighted by atomic mass is 35.5. The number of benzene rings is 1. The van der Waals surface area contributed by atoms with Crippen LogP contribution in [0, 0.1) is 0 Å². The third-order valence-electron chi connectivity index (χ3n) is 3.31. The Kier molecular flexibility index (Phi) is 4.67. The standard InChI is InChI=1S/C16H20ClNO/c1-11(2)13-4-6-14(7-5-13)12(3)18-10-15-8-9-16(17)19-15/h4-9,11-12,18H,10H2,1-3H3. The average molecular weight is 278 g/mol. The molecular formula is C16H20ClNO. The molecule has 1 heterocycles. The number of hydrogen-bond donors (Lipinski definition) is 1. The Bertz CT molecular complexity index is 516. The summed E-state index contributed by atoms with van der Waals surface area (Å²) in [6.07, 6.45) is 0. The van der Waals surface area contributed by atoms with Crippen LogP contribution < -0.4 is 5.32 Å². The molecule has 0 saturated heterocycles. The predicted octanol–water partition coefficient (Wildman–Crippen LogP) is 4.91. The molecule has 102 valence electrons. The minimum atomic E-state index is 0.282. The molecule has 3 heteroatoms. The second-order valence-electron chi connectivity index (χ2n) is 5.13. The quantitative estimate of drug-likeness (QED) is 0.840. The van der Waals surface area contributed by atoms with Crippen LogP contribution in [0.25, 0.3) is 0 Å². The maximum atomic E-state index is 5.75. The summed E-state index contributed by atoms with van der Waals surface area (Å²) in [4.78, 5) is 0. The highest BCUT2D eigenvalue weighted by Gasteiger charge is 2.07. The zero-order valence-electron chi connectivity index (χ0n) is 11.6. The van der Waals surface area contributed by atoms with Crippen LogP contribution in [-0.2, 0) is 6.54 Å². The summed E-state index contributed by atoms with van der Waals surface area (Å²) in [5.74, 6) is 1.43. The number of rotatable bonds is 5. The Hall–Kier alpha value is -1.25. The van der Waals surface area contributed by atoms with E-state index in [4.69, 9.17) is 16.0 Å². The van der Waals surface area contributed by atoms with Gasteiger partial charge in [0.25, 0.3) is 0 Å². The fourth-order valence-corrected chi connectivity index (χ4v) is 2.15. The summed E-state index contributed by atoms with van der Waals surface area (Å²) in [7, 11) is 0. The first kappa shape index (κ1) is 14.2. The fourth-order valence-electron chi connectivity index (χ4n) is 1.99. The van der Waals surface area contributed by atoms with Gasteiger partial charge in [-0.25, -0.2) is 0 Å². The molecule has 0 amide bonds. The topological polar surface area (TPSA) is 25.2 Å². The maximum Gasteiger partial charge on any atom is 0.193 e. The van der Waals surface area contributed by atoms with Crippen molar-refractivity contribution in [2.75, 3.05) is 0 Å². The van der Waals surface area contributed by atoms with Crippen LogP contribution in [0.4, 0.5) is 0 Å². The molecule has 2 nitrogen and oxygen atoms in total. The normalized spacial score (nSPS) is 12.9. The summed E-state index contributed by atoms with van der Waals surface area (Å²) in [6.45, 7) is 7.24. The first-order valence-corrected chi connectivity index (χ1v) is 7.01. The Labute approximate surface area is 119 Å². The van der Waals surface area contributed by atoms with Gasteiger partial charge < -0.3 is 9.73 Å². The van der Waals surface area contributed by atoms with E-state index in [1.165, 1.54) is 11.1 Å². The monoisotopic (exact) mass is 277 g/mol. The number of nitrogens with one attached hydrogen (secondary N) is 1. The van der Waals surface area contributed by atoms with E-state index >= 15 is 0 Å². The van der Waals surface area contributed by atoms with Crippen molar-refractivity contribution in [1.29, 1.82) is 0 Å². The van der Waals surface area contributed by atoms with Crippen molar-refractivity contribution in [2.24, 2.45) is 0 Å². The lowest BCUT2D eigenvalue weighted by atomic mass is 9.99. The molecule has 1 aromatic heterocycles. The first-order valence-electron chi connectivity index (χ1n) is 6.63. The summed E-state index contributed by atoms with van der Waals surface area (Å²) < 4.78 is 5.32. The fraction of sp³-hybridized carbons (Fsp3) is 0.375. The summed E-state index contributed by atoms with van der Waals surface area (Å²) in [6, 6.07) is 12.7. The zero-order valence-corrected chi connectivity index (χ0v) is 12.4. The summed E-state index contributed by atoms with van der Waals surface area (Å²) in [5, 5.41) is 3.86. The minimum absolute atomic E-state index is 0.282. The maximum absolute atomic E-state index is 5.75. The Morgan fingerprint density at radius 1 is 1.00 bits per heavy atom. The highest BCUT2D eigenvalue weighted by Crippen LogP contribution is 2.19. The van der Waals surface area contributed by atoms with E-state index in [1.54, 1.807) is 6.07 Å². The van der Waals surface area contributed by atoms with Crippen LogP contribution in [0.3, 0.4) is 0 Å². The molecule has 0 bridgehead atoms. The van der Waals surface area contributed by atoms with Gasteiger partial charge in [-0.1, -0.05) is 38.1 Å². The van der Waals surface area contributed by atoms with Crippen molar-refractivity contribution in [1.82, 2.24) is 5.32 Å². The Balaban J connectivity index is 1.94. The van der Waals surface area contributed by atoms with Crippen molar-refractivity contribution in [3.05, 3.63) is 58.5 Å². The third-order valence-corrected chi connectivity index (χ3v) is 3.52. The van der Waals surface area contributed by atoms with E-state index in [0.29, 0.717) is 17.7 Å². The minimum Gasteiger partial charge on any atom is -0.448 e. The van der Waals surface area contributed by atoms with E-state index in [-0.39, 0.29) is 6.04 Å². The third kappa shape index (κ3) is 3.85. The molecule has 0 aliphatic heterocycles. The largest absolute Gasteiger partial charge is 0.448 e. The van der Waals surface area contributed by atoms with Crippen molar-refractivity contribution in [3.8, 4) is 0 Å². The van der Waals surface area contributed by atoms with Gasteiger partial charge in [-0.05, 0) is 47.7 Å². The molecule has 0 fully saturated rings. The van der Waals surface area contributed by atoms with E-state index < -0.39 is 0 Å². The number of halogens is 1. The van der Waals surface area contributed by atoms with Crippen LogP contribution in [0.1, 0.15) is 49.6 Å². The zero-order chi connectivity index (χ0) is 13.8. The molecular weight excluding hydrogens is 258 g/mol. The summed E-state index contributed by atoms with van der Waals surface area (Å²) >= 11 is 5.75. The SMILES string of the molecule is CC(C)c1ccc(C(C)NCc2ccc(Cl)o2)cc1. The van der Waals surface area contributed by atoms with Gasteiger partial charge in [0.05, 0.1) is 6.54 Å². The molecule has 1 N–H and O–H groups in total. The van der Waals surface area contributed by atoms with Crippen LogP contribution in [0.15, 0.2) is 40.8 Å². The molecule has 0 saturated carbocycles. The highest BCUT2D eigenvalue weighted by molar-refractivity contribution is 6.28. The smallest absolute Gasteiger partial charge is 0.193 e. The molecule has 1 aromatic carbocycles. The molecule has 0 radical (unpaired) electrons. The predicted molar refractivity (Wildman–Crippen MR) is 79.5 cm³/mol. The van der Waals surface area contributed by atoms with Gasteiger partial charge in [0.15, 0.2) is 5.22 Å². The van der Waals surface area contributed by atoms with Crippen molar-refractivity contribution in [3.63, 3.8) is 0 Å². The van der Waals surface area contributed by atoms with Crippen molar-refractivity contribution >= 4 is 11.6 Å². The average Bonchev–Trinajstić information content (AvgIpc) is 2.82. The van der Waals surface area contributed by atoms with Crippen LogP contribution >= 0.6 is 11.6 Å². The summed E-state index contributed by atoms with van der Waals surface area (Å²) in [5.41, 5.74) is 2.65. The lowest BCUT2D eigenvalue weighted by Gasteiger charge is -2.14. The van der Waals surface area contributed by atoms with Gasteiger partial charge >= 0.3 is 0 Å². The van der Waals surface area contributed by atoms with Crippen molar-refractivity contribution in [2.45, 2.75) is 39.3 Å². The molecule has 0 spiro atoms. The van der Waals surface area contributed by atoms with Gasteiger partial charge in [-0.3, -0.25) is 0 Å². The first-order chi connectivity index (χ1) is 9.06. The molecule has 0 aliphatic rings. The molecule has 19 heavy (non-hydrogen) atoms. The van der Waals surface area contributed by atoms with E-state index in [2.05, 4.69) is 50.4 Å².